The highest BCUT2D eigenvalue weighted by atomic mass is 16.7. The zero-order valence-corrected chi connectivity index (χ0v) is 18.1. The lowest BCUT2D eigenvalue weighted by Gasteiger charge is -2.43. The predicted molar refractivity (Wildman–Crippen MR) is 107 cm³/mol. The quantitative estimate of drug-likeness (QED) is 0.705. The Morgan fingerprint density at radius 2 is 1.79 bits per heavy atom. The Morgan fingerprint density at radius 3 is 2.46 bits per heavy atom. The van der Waals surface area contributed by atoms with E-state index in [0.29, 0.717) is 51.1 Å². The number of hydrogen-bond acceptors (Lipinski definition) is 5. The molecule has 5 nitrogen and oxygen atoms in total. The van der Waals surface area contributed by atoms with Gasteiger partial charge in [-0.3, -0.25) is 9.59 Å². The summed E-state index contributed by atoms with van der Waals surface area (Å²) in [5, 5.41) is 10.5. The average Bonchev–Trinajstić information content (AvgIpc) is 2.93. The van der Waals surface area contributed by atoms with Gasteiger partial charge in [-0.15, -0.1) is 0 Å². The number of aliphatic hydroxyl groups is 1. The lowest BCUT2D eigenvalue weighted by Crippen LogP contribution is -2.45. The van der Waals surface area contributed by atoms with Crippen molar-refractivity contribution in [2.75, 3.05) is 13.2 Å². The first-order valence-electron chi connectivity index (χ1n) is 11.1. The number of ketones is 2. The molecule has 5 heteroatoms. The second kappa shape index (κ2) is 8.16. The van der Waals surface area contributed by atoms with Crippen molar-refractivity contribution in [3.8, 4) is 0 Å². The minimum Gasteiger partial charge on any atom is -0.393 e. The Morgan fingerprint density at radius 1 is 1.11 bits per heavy atom. The maximum Gasteiger partial charge on any atom is 0.165 e. The number of ether oxygens (including phenoxy) is 2. The molecule has 28 heavy (non-hydrogen) atoms. The van der Waals surface area contributed by atoms with E-state index in [2.05, 4.69) is 20.8 Å². The van der Waals surface area contributed by atoms with Crippen LogP contribution in [0.2, 0.25) is 0 Å². The molecule has 3 unspecified atom stereocenters. The summed E-state index contributed by atoms with van der Waals surface area (Å²) in [6, 6.07) is 0. The Bertz CT molecular complexity index is 588. The van der Waals surface area contributed by atoms with Crippen molar-refractivity contribution < 1.29 is 24.2 Å². The smallest absolute Gasteiger partial charge is 0.165 e. The van der Waals surface area contributed by atoms with Crippen LogP contribution in [0.3, 0.4) is 0 Å². The second-order valence-electron chi connectivity index (χ2n) is 10.6. The Labute approximate surface area is 169 Å². The molecule has 0 aromatic carbocycles. The van der Waals surface area contributed by atoms with Crippen LogP contribution in [0.15, 0.2) is 0 Å². The first-order chi connectivity index (χ1) is 13.0. The van der Waals surface area contributed by atoms with E-state index in [-0.39, 0.29) is 34.6 Å². The van der Waals surface area contributed by atoms with Gasteiger partial charge in [0.05, 0.1) is 19.3 Å². The van der Waals surface area contributed by atoms with E-state index in [1.807, 2.05) is 6.92 Å². The highest BCUT2D eigenvalue weighted by Crippen LogP contribution is 2.53. The van der Waals surface area contributed by atoms with Crippen molar-refractivity contribution in [1.29, 1.82) is 0 Å². The van der Waals surface area contributed by atoms with E-state index in [0.717, 1.165) is 25.7 Å². The summed E-state index contributed by atoms with van der Waals surface area (Å²) in [5.41, 5.74) is -0.225. The third-order valence-corrected chi connectivity index (χ3v) is 7.49. The number of Topliss-reactive ketones (excluding diaryl/α,β-unsaturated/α-hetero) is 2. The molecular formula is C23H38O5. The van der Waals surface area contributed by atoms with Gasteiger partial charge in [0, 0.05) is 36.5 Å². The summed E-state index contributed by atoms with van der Waals surface area (Å²) in [7, 11) is 0. The monoisotopic (exact) mass is 394 g/mol. The van der Waals surface area contributed by atoms with Gasteiger partial charge in [-0.25, -0.2) is 0 Å². The molecule has 2 aliphatic carbocycles. The lowest BCUT2D eigenvalue weighted by atomic mass is 9.62. The molecule has 0 amide bonds. The van der Waals surface area contributed by atoms with Crippen molar-refractivity contribution in [2.45, 2.75) is 97.4 Å². The maximum absolute atomic E-state index is 12.4. The van der Waals surface area contributed by atoms with Gasteiger partial charge in [0.2, 0.25) is 0 Å². The lowest BCUT2D eigenvalue weighted by molar-refractivity contribution is -0.292. The van der Waals surface area contributed by atoms with Crippen molar-refractivity contribution in [3.63, 3.8) is 0 Å². The van der Waals surface area contributed by atoms with Crippen LogP contribution in [-0.4, -0.2) is 41.8 Å². The fourth-order valence-corrected chi connectivity index (χ4v) is 5.42. The third kappa shape index (κ3) is 4.68. The van der Waals surface area contributed by atoms with Crippen LogP contribution < -0.4 is 0 Å². The Hall–Kier alpha value is -0.780. The largest absolute Gasteiger partial charge is 0.393 e. The summed E-state index contributed by atoms with van der Waals surface area (Å²) < 4.78 is 11.8. The molecular weight excluding hydrogens is 356 g/mol. The summed E-state index contributed by atoms with van der Waals surface area (Å²) >= 11 is 0. The molecule has 160 valence electrons. The first kappa shape index (κ1) is 21.9. The molecule has 0 aromatic heterocycles. The van der Waals surface area contributed by atoms with E-state index in [9.17, 15) is 14.7 Å². The fourth-order valence-electron chi connectivity index (χ4n) is 5.42. The highest BCUT2D eigenvalue weighted by Gasteiger charge is 2.53. The van der Waals surface area contributed by atoms with Gasteiger partial charge in [-0.05, 0) is 50.9 Å². The normalized spacial score (nSPS) is 36.9. The number of rotatable bonds is 7. The first-order valence-corrected chi connectivity index (χ1v) is 11.1. The van der Waals surface area contributed by atoms with Crippen LogP contribution >= 0.6 is 0 Å². The third-order valence-electron chi connectivity index (χ3n) is 7.49. The van der Waals surface area contributed by atoms with Gasteiger partial charge in [-0.2, -0.15) is 0 Å². The van der Waals surface area contributed by atoms with Crippen LogP contribution in [0.25, 0.3) is 0 Å². The van der Waals surface area contributed by atoms with Crippen LogP contribution in [0, 0.1) is 22.7 Å². The Balaban J connectivity index is 1.42. The molecule has 0 spiro atoms. The molecule has 1 aliphatic heterocycles. The zero-order chi connectivity index (χ0) is 20.6. The molecule has 0 radical (unpaired) electrons. The highest BCUT2D eigenvalue weighted by molar-refractivity contribution is 5.87. The van der Waals surface area contributed by atoms with E-state index in [4.69, 9.17) is 9.47 Å². The predicted octanol–water partition coefficient (Wildman–Crippen LogP) is 4.05. The molecule has 1 N–H and O–H groups in total. The van der Waals surface area contributed by atoms with Crippen molar-refractivity contribution in [3.05, 3.63) is 0 Å². The standard InChI is InChI=1S/C23H38O5/c1-21(2)14-27-23(4,28-15-21)12-5-6-16(24)7-8-17-18-9-10-20(26)22(18,3)13-11-19(17)25/h17-19,25H,5-15H2,1-4H3/t17?,18?,19?,22-/m0/s1. The maximum atomic E-state index is 12.4. The molecule has 3 fully saturated rings. The summed E-state index contributed by atoms with van der Waals surface area (Å²) in [4.78, 5) is 24.8. The van der Waals surface area contributed by atoms with Crippen molar-refractivity contribution in [1.82, 2.24) is 0 Å². The topological polar surface area (TPSA) is 72.8 Å². The van der Waals surface area contributed by atoms with E-state index >= 15 is 0 Å². The average molecular weight is 395 g/mol. The van der Waals surface area contributed by atoms with E-state index in [1.165, 1.54) is 0 Å². The van der Waals surface area contributed by atoms with Gasteiger partial charge >= 0.3 is 0 Å². The molecule has 0 aromatic rings. The summed E-state index contributed by atoms with van der Waals surface area (Å²) in [6.07, 6.45) is 5.79. The number of carbonyl (C=O) groups excluding carboxylic acids is 2. The molecule has 1 saturated heterocycles. The van der Waals surface area contributed by atoms with E-state index < -0.39 is 5.79 Å². The van der Waals surface area contributed by atoms with Gasteiger partial charge in [-0.1, -0.05) is 20.8 Å². The van der Waals surface area contributed by atoms with Gasteiger partial charge < -0.3 is 14.6 Å². The molecule has 2 saturated carbocycles. The molecule has 3 rings (SSSR count). The second-order valence-corrected chi connectivity index (χ2v) is 10.6. The molecule has 4 atom stereocenters. The minimum absolute atomic E-state index is 0.0479. The zero-order valence-electron chi connectivity index (χ0n) is 18.1. The van der Waals surface area contributed by atoms with Crippen LogP contribution in [0.1, 0.15) is 85.5 Å². The van der Waals surface area contributed by atoms with Gasteiger partial charge in [0.25, 0.3) is 0 Å². The molecule has 1 heterocycles. The summed E-state index contributed by atoms with van der Waals surface area (Å²) in [5.74, 6) is 0.330. The van der Waals surface area contributed by atoms with Gasteiger partial charge in [0.15, 0.2) is 5.79 Å². The van der Waals surface area contributed by atoms with Crippen molar-refractivity contribution >= 4 is 11.6 Å². The number of carbonyl (C=O) groups is 2. The minimum atomic E-state index is -0.582. The number of fused-ring (bicyclic) bond motifs is 1. The summed E-state index contributed by atoms with van der Waals surface area (Å²) in [6.45, 7) is 9.63. The van der Waals surface area contributed by atoms with Crippen LogP contribution in [0.5, 0.6) is 0 Å². The molecule has 3 aliphatic rings. The SMILES string of the molecule is CC1(C)COC(C)(CCCC(=O)CCC2C(O)CC[C@]3(C)C(=O)CCC23)OC1. The number of aliphatic hydroxyl groups excluding tert-OH is 1. The van der Waals surface area contributed by atoms with Gasteiger partial charge in [0.1, 0.15) is 11.6 Å². The van der Waals surface area contributed by atoms with Crippen LogP contribution in [0.4, 0.5) is 0 Å². The van der Waals surface area contributed by atoms with Crippen molar-refractivity contribution in [2.24, 2.45) is 22.7 Å². The van der Waals surface area contributed by atoms with E-state index in [1.54, 1.807) is 0 Å². The Kier molecular flexibility index (Phi) is 6.38. The van der Waals surface area contributed by atoms with Crippen LogP contribution in [-0.2, 0) is 19.1 Å². The molecule has 0 bridgehead atoms. The fraction of sp³-hybridized carbons (Fsp3) is 0.913. The number of hydrogen-bond donors (Lipinski definition) is 1.